The molecule has 4 amide bonds. The quantitative estimate of drug-likeness (QED) is 0.756. The van der Waals surface area contributed by atoms with Crippen molar-refractivity contribution >= 4 is 23.5 Å². The maximum absolute atomic E-state index is 13.6. The number of nitrogens with one attached hydrogen (secondary N) is 2. The van der Waals surface area contributed by atoms with Crippen LogP contribution < -0.4 is 10.6 Å². The summed E-state index contributed by atoms with van der Waals surface area (Å²) in [7, 11) is 0. The molecule has 8 nitrogen and oxygen atoms in total. The van der Waals surface area contributed by atoms with Crippen molar-refractivity contribution in [3.05, 3.63) is 30.1 Å². The highest BCUT2D eigenvalue weighted by molar-refractivity contribution is 6.01. The Labute approximate surface area is 176 Å². The van der Waals surface area contributed by atoms with Gasteiger partial charge in [-0.25, -0.2) is 9.18 Å². The van der Waals surface area contributed by atoms with Gasteiger partial charge in [-0.05, 0) is 25.0 Å². The fourth-order valence-electron chi connectivity index (χ4n) is 3.80. The summed E-state index contributed by atoms with van der Waals surface area (Å²) in [5.41, 5.74) is 0.0190. The first-order valence-electron chi connectivity index (χ1n) is 10.6. The number of amides is 4. The number of piperazine rings is 1. The third-order valence-corrected chi connectivity index (χ3v) is 5.52. The fourth-order valence-corrected chi connectivity index (χ4v) is 3.80. The number of benzene rings is 1. The van der Waals surface area contributed by atoms with Crippen LogP contribution in [-0.2, 0) is 9.59 Å². The molecule has 0 aromatic heterocycles. The summed E-state index contributed by atoms with van der Waals surface area (Å²) >= 11 is 0. The van der Waals surface area contributed by atoms with Gasteiger partial charge in [-0.15, -0.1) is 0 Å². The van der Waals surface area contributed by atoms with Gasteiger partial charge in [-0.3, -0.25) is 24.7 Å². The average molecular weight is 420 g/mol. The summed E-state index contributed by atoms with van der Waals surface area (Å²) in [6.07, 6.45) is 4.56. The molecule has 2 N–H and O–H groups in total. The molecular weight excluding hydrogens is 389 g/mol. The predicted octanol–water partition coefficient (Wildman–Crippen LogP) is 1.49. The molecule has 0 aliphatic carbocycles. The molecule has 2 aliphatic rings. The molecule has 2 saturated heterocycles. The van der Waals surface area contributed by atoms with Crippen molar-refractivity contribution in [2.75, 3.05) is 57.7 Å². The van der Waals surface area contributed by atoms with E-state index in [0.29, 0.717) is 32.7 Å². The standard InChI is InChI=1S/C21H30FN5O3/c22-17-7-3-4-8-18(17)23-21(30)24-19(28)15-25-11-13-26(14-12-25)16-20(29)27-9-5-1-2-6-10-27/h3-4,7-8H,1-2,5-6,9-16H2,(H2,23,24,28,30). The Bertz CT molecular complexity index is 744. The van der Waals surface area contributed by atoms with Gasteiger partial charge in [-0.1, -0.05) is 25.0 Å². The van der Waals surface area contributed by atoms with Crippen molar-refractivity contribution < 1.29 is 18.8 Å². The minimum atomic E-state index is -0.758. The number of hydrogen-bond donors (Lipinski definition) is 2. The SMILES string of the molecule is O=C(CN1CCN(CC(=O)N2CCCCCC2)CC1)NC(=O)Nc1ccccc1F. The zero-order valence-electron chi connectivity index (χ0n) is 17.2. The highest BCUT2D eigenvalue weighted by atomic mass is 19.1. The van der Waals surface area contributed by atoms with E-state index in [-0.39, 0.29) is 18.1 Å². The van der Waals surface area contributed by atoms with Crippen LogP contribution in [0, 0.1) is 5.82 Å². The Kier molecular flexibility index (Phi) is 8.15. The van der Waals surface area contributed by atoms with Crippen LogP contribution in [0.4, 0.5) is 14.9 Å². The number of carbonyl (C=O) groups is 3. The molecule has 9 heteroatoms. The Morgan fingerprint density at radius 2 is 1.43 bits per heavy atom. The summed E-state index contributed by atoms with van der Waals surface area (Å²) in [5, 5.41) is 4.55. The minimum Gasteiger partial charge on any atom is -0.342 e. The topological polar surface area (TPSA) is 85.0 Å². The van der Waals surface area contributed by atoms with Gasteiger partial charge in [0.25, 0.3) is 0 Å². The largest absolute Gasteiger partial charge is 0.342 e. The number of rotatable bonds is 5. The number of hydrogen-bond acceptors (Lipinski definition) is 5. The van der Waals surface area contributed by atoms with Gasteiger partial charge < -0.3 is 10.2 Å². The Balaban J connectivity index is 1.35. The Morgan fingerprint density at radius 1 is 0.833 bits per heavy atom. The molecule has 1 aromatic carbocycles. The van der Waals surface area contributed by atoms with Crippen molar-refractivity contribution in [2.45, 2.75) is 25.7 Å². The zero-order valence-corrected chi connectivity index (χ0v) is 17.2. The molecular formula is C21H30FN5O3. The molecule has 0 bridgehead atoms. The molecule has 1 aromatic rings. The first kappa shape index (κ1) is 22.2. The highest BCUT2D eigenvalue weighted by Crippen LogP contribution is 2.12. The molecule has 2 heterocycles. The lowest BCUT2D eigenvalue weighted by atomic mass is 10.2. The number of urea groups is 1. The molecule has 3 rings (SSSR count). The van der Waals surface area contributed by atoms with Crippen molar-refractivity contribution in [1.82, 2.24) is 20.0 Å². The van der Waals surface area contributed by atoms with Gasteiger partial charge >= 0.3 is 6.03 Å². The molecule has 0 saturated carbocycles. The molecule has 0 radical (unpaired) electrons. The summed E-state index contributed by atoms with van der Waals surface area (Å²) in [6.45, 7) is 4.92. The second-order valence-corrected chi connectivity index (χ2v) is 7.83. The number of nitrogens with zero attached hydrogens (tertiary/aromatic N) is 3. The normalized spacial score (nSPS) is 18.5. The van der Waals surface area contributed by atoms with Crippen molar-refractivity contribution in [1.29, 1.82) is 0 Å². The zero-order chi connectivity index (χ0) is 21.3. The Hall–Kier alpha value is -2.52. The molecule has 0 atom stereocenters. The first-order valence-corrected chi connectivity index (χ1v) is 10.6. The van der Waals surface area contributed by atoms with Crippen molar-refractivity contribution in [3.8, 4) is 0 Å². The van der Waals surface area contributed by atoms with Gasteiger partial charge in [0.1, 0.15) is 5.82 Å². The average Bonchev–Trinajstić information content (AvgIpc) is 3.01. The van der Waals surface area contributed by atoms with E-state index >= 15 is 0 Å². The minimum absolute atomic E-state index is 0.0190. The number of imide groups is 1. The van der Waals surface area contributed by atoms with Crippen LogP contribution in [0.2, 0.25) is 0 Å². The third kappa shape index (κ3) is 6.77. The fraction of sp³-hybridized carbons (Fsp3) is 0.571. The van der Waals surface area contributed by atoms with Gasteiger partial charge in [0.15, 0.2) is 0 Å². The molecule has 30 heavy (non-hydrogen) atoms. The van der Waals surface area contributed by atoms with E-state index in [2.05, 4.69) is 15.5 Å². The van der Waals surface area contributed by atoms with Crippen LogP contribution in [0.5, 0.6) is 0 Å². The molecule has 0 unspecified atom stereocenters. The molecule has 0 spiro atoms. The van der Waals surface area contributed by atoms with E-state index in [1.807, 2.05) is 9.80 Å². The second-order valence-electron chi connectivity index (χ2n) is 7.83. The van der Waals surface area contributed by atoms with Gasteiger partial charge in [0.05, 0.1) is 18.8 Å². The third-order valence-electron chi connectivity index (χ3n) is 5.52. The summed E-state index contributed by atoms with van der Waals surface area (Å²) < 4.78 is 13.6. The van der Waals surface area contributed by atoms with Gasteiger partial charge in [0.2, 0.25) is 11.8 Å². The molecule has 2 fully saturated rings. The van der Waals surface area contributed by atoms with E-state index in [9.17, 15) is 18.8 Å². The summed E-state index contributed by atoms with van der Waals surface area (Å²) in [5.74, 6) is -0.822. The molecule has 2 aliphatic heterocycles. The van der Waals surface area contributed by atoms with Crippen LogP contribution in [0.1, 0.15) is 25.7 Å². The van der Waals surface area contributed by atoms with Crippen molar-refractivity contribution in [3.63, 3.8) is 0 Å². The lowest BCUT2D eigenvalue weighted by molar-refractivity contribution is -0.133. The second kappa shape index (κ2) is 11.0. The van der Waals surface area contributed by atoms with Crippen LogP contribution in [0.25, 0.3) is 0 Å². The number of halogens is 1. The first-order chi connectivity index (χ1) is 14.5. The lowest BCUT2D eigenvalue weighted by Crippen LogP contribution is -2.52. The summed E-state index contributed by atoms with van der Waals surface area (Å²) in [6, 6.07) is 5.01. The van der Waals surface area contributed by atoms with Crippen LogP contribution in [0.3, 0.4) is 0 Å². The van der Waals surface area contributed by atoms with E-state index in [1.165, 1.54) is 31.0 Å². The maximum atomic E-state index is 13.6. The van der Waals surface area contributed by atoms with Crippen LogP contribution in [0.15, 0.2) is 24.3 Å². The number of carbonyl (C=O) groups excluding carboxylic acids is 3. The molecule has 164 valence electrons. The highest BCUT2D eigenvalue weighted by Gasteiger charge is 2.23. The maximum Gasteiger partial charge on any atom is 0.326 e. The van der Waals surface area contributed by atoms with Crippen LogP contribution in [-0.4, -0.2) is 84.9 Å². The number of likely N-dealkylation sites (tertiary alicyclic amines) is 1. The van der Waals surface area contributed by atoms with E-state index in [1.54, 1.807) is 6.07 Å². The summed E-state index contributed by atoms with van der Waals surface area (Å²) in [4.78, 5) is 42.5. The van der Waals surface area contributed by atoms with Crippen molar-refractivity contribution in [2.24, 2.45) is 0 Å². The lowest BCUT2D eigenvalue weighted by Gasteiger charge is -2.34. The smallest absolute Gasteiger partial charge is 0.326 e. The number of para-hydroxylation sites is 1. The monoisotopic (exact) mass is 419 g/mol. The van der Waals surface area contributed by atoms with Crippen LogP contribution >= 0.6 is 0 Å². The Morgan fingerprint density at radius 3 is 2.07 bits per heavy atom. The van der Waals surface area contributed by atoms with Gasteiger partial charge in [0, 0.05) is 39.3 Å². The predicted molar refractivity (Wildman–Crippen MR) is 111 cm³/mol. The van der Waals surface area contributed by atoms with Gasteiger partial charge in [-0.2, -0.15) is 0 Å². The van der Waals surface area contributed by atoms with E-state index < -0.39 is 17.8 Å². The van der Waals surface area contributed by atoms with E-state index in [4.69, 9.17) is 0 Å². The van der Waals surface area contributed by atoms with E-state index in [0.717, 1.165) is 25.9 Å². The number of anilines is 1.